The number of hydrogen-bond donors (Lipinski definition) is 2. The maximum absolute atomic E-state index is 10.7. The number of unbranched alkanes of at least 4 members (excludes halogenated alkanes) is 2. The Hall–Kier alpha value is -1.33. The fourth-order valence-electron chi connectivity index (χ4n) is 1.70. The Kier molecular flexibility index (Phi) is 7.31. The van der Waals surface area contributed by atoms with Gasteiger partial charge in [-0.05, 0) is 18.1 Å². The van der Waals surface area contributed by atoms with Gasteiger partial charge in [0.2, 0.25) is 0 Å². The van der Waals surface area contributed by atoms with Gasteiger partial charge in [-0.15, -0.1) is 12.4 Å². The number of hydrogen-bond acceptors (Lipinski definition) is 4. The van der Waals surface area contributed by atoms with Gasteiger partial charge in [0.1, 0.15) is 0 Å². The van der Waals surface area contributed by atoms with E-state index in [9.17, 15) is 15.2 Å². The molecule has 1 rings (SSSR count). The lowest BCUT2D eigenvalue weighted by molar-refractivity contribution is -0.385. The van der Waals surface area contributed by atoms with Crippen molar-refractivity contribution in [3.63, 3.8) is 0 Å². The minimum absolute atomic E-state index is 0. The molecule has 6 heteroatoms. The highest BCUT2D eigenvalue weighted by Gasteiger charge is 2.16. The second kappa shape index (κ2) is 7.89. The molecule has 102 valence electrons. The van der Waals surface area contributed by atoms with Crippen molar-refractivity contribution >= 4 is 18.1 Å². The summed E-state index contributed by atoms with van der Waals surface area (Å²) in [5.41, 5.74) is 6.37. The smallest absolute Gasteiger partial charge is 0.311 e. The molecule has 0 saturated carbocycles. The number of phenols is 1. The third kappa shape index (κ3) is 4.50. The molecule has 0 fully saturated rings. The van der Waals surface area contributed by atoms with Gasteiger partial charge in [0.15, 0.2) is 5.75 Å². The number of benzene rings is 1. The highest BCUT2D eigenvalue weighted by molar-refractivity contribution is 5.85. The summed E-state index contributed by atoms with van der Waals surface area (Å²) in [4.78, 5) is 10.1. The first-order valence-corrected chi connectivity index (χ1v) is 5.79. The van der Waals surface area contributed by atoms with E-state index >= 15 is 0 Å². The molecule has 1 atom stereocenters. The Morgan fingerprint density at radius 1 is 1.44 bits per heavy atom. The number of halogens is 1. The fraction of sp³-hybridized carbons (Fsp3) is 0.500. The third-order valence-corrected chi connectivity index (χ3v) is 2.74. The number of rotatable bonds is 6. The first-order valence-electron chi connectivity index (χ1n) is 5.79. The summed E-state index contributed by atoms with van der Waals surface area (Å²) in [6.07, 6.45) is 4.03. The van der Waals surface area contributed by atoms with Crippen molar-refractivity contribution in [1.82, 2.24) is 0 Å². The van der Waals surface area contributed by atoms with Gasteiger partial charge in [-0.2, -0.15) is 0 Å². The second-order valence-electron chi connectivity index (χ2n) is 4.11. The zero-order chi connectivity index (χ0) is 12.8. The summed E-state index contributed by atoms with van der Waals surface area (Å²) in [5, 5.41) is 20.0. The SMILES string of the molecule is CCCCC[C@@H](N)c1ccc(O)c([N+](=O)[O-])c1.Cl. The van der Waals surface area contributed by atoms with E-state index in [1.54, 1.807) is 6.07 Å². The zero-order valence-corrected chi connectivity index (χ0v) is 11.2. The van der Waals surface area contributed by atoms with Gasteiger partial charge in [-0.3, -0.25) is 10.1 Å². The number of nitro benzene ring substituents is 1. The van der Waals surface area contributed by atoms with E-state index in [0.29, 0.717) is 5.56 Å². The van der Waals surface area contributed by atoms with Crippen molar-refractivity contribution in [3.8, 4) is 5.75 Å². The Bertz CT molecular complexity index is 399. The summed E-state index contributed by atoms with van der Waals surface area (Å²) in [7, 11) is 0. The summed E-state index contributed by atoms with van der Waals surface area (Å²) in [6.45, 7) is 2.11. The van der Waals surface area contributed by atoms with Gasteiger partial charge in [-0.25, -0.2) is 0 Å². The molecule has 0 aliphatic carbocycles. The summed E-state index contributed by atoms with van der Waals surface area (Å²) in [5.74, 6) is -0.320. The standard InChI is InChI=1S/C12H18N2O3.ClH/c1-2-3-4-5-10(13)9-6-7-12(15)11(8-9)14(16)17;/h6-8,10,15H,2-5,13H2,1H3;1H/t10-;/m1./s1. The van der Waals surface area contributed by atoms with Crippen LogP contribution in [-0.2, 0) is 0 Å². The Morgan fingerprint density at radius 3 is 2.67 bits per heavy atom. The van der Waals surface area contributed by atoms with Crippen LogP contribution in [0.3, 0.4) is 0 Å². The number of nitrogens with zero attached hydrogens (tertiary/aromatic N) is 1. The van der Waals surface area contributed by atoms with E-state index in [1.165, 1.54) is 12.1 Å². The summed E-state index contributed by atoms with van der Waals surface area (Å²) < 4.78 is 0. The van der Waals surface area contributed by atoms with Gasteiger partial charge in [-0.1, -0.05) is 32.3 Å². The molecule has 0 bridgehead atoms. The van der Waals surface area contributed by atoms with Gasteiger partial charge in [0, 0.05) is 12.1 Å². The van der Waals surface area contributed by atoms with Crippen LogP contribution >= 0.6 is 12.4 Å². The lowest BCUT2D eigenvalue weighted by atomic mass is 10.0. The number of nitro groups is 1. The van der Waals surface area contributed by atoms with Crippen molar-refractivity contribution in [1.29, 1.82) is 0 Å². The summed E-state index contributed by atoms with van der Waals surface area (Å²) >= 11 is 0. The van der Waals surface area contributed by atoms with Crippen molar-refractivity contribution < 1.29 is 10.0 Å². The van der Waals surface area contributed by atoms with Crippen LogP contribution in [0.1, 0.15) is 44.2 Å². The molecule has 5 nitrogen and oxygen atoms in total. The van der Waals surface area contributed by atoms with Crippen molar-refractivity contribution in [2.24, 2.45) is 5.73 Å². The number of phenolic OH excluding ortho intramolecular Hbond substituents is 1. The third-order valence-electron chi connectivity index (χ3n) is 2.74. The van der Waals surface area contributed by atoms with Gasteiger partial charge >= 0.3 is 5.69 Å². The molecule has 3 N–H and O–H groups in total. The van der Waals surface area contributed by atoms with Gasteiger partial charge in [0.25, 0.3) is 0 Å². The molecule has 1 aromatic carbocycles. The number of nitrogens with two attached hydrogens (primary N) is 1. The minimum atomic E-state index is -0.600. The molecule has 0 heterocycles. The fourth-order valence-corrected chi connectivity index (χ4v) is 1.70. The van der Waals surface area contributed by atoms with E-state index in [4.69, 9.17) is 5.73 Å². The monoisotopic (exact) mass is 274 g/mol. The average molecular weight is 275 g/mol. The molecule has 18 heavy (non-hydrogen) atoms. The van der Waals surface area contributed by atoms with Crippen molar-refractivity contribution in [2.45, 2.75) is 38.6 Å². The highest BCUT2D eigenvalue weighted by atomic mass is 35.5. The van der Waals surface area contributed by atoms with E-state index in [-0.39, 0.29) is 29.9 Å². The lowest BCUT2D eigenvalue weighted by Gasteiger charge is -2.11. The molecule has 0 radical (unpaired) electrons. The normalized spacial score (nSPS) is 11.7. The van der Waals surface area contributed by atoms with Crippen LogP contribution in [-0.4, -0.2) is 10.0 Å². The highest BCUT2D eigenvalue weighted by Crippen LogP contribution is 2.29. The number of aromatic hydroxyl groups is 1. The molecule has 0 saturated heterocycles. The molecule has 1 aromatic rings. The molecule has 0 aliphatic rings. The van der Waals surface area contributed by atoms with Crippen LogP contribution in [0.2, 0.25) is 0 Å². The Morgan fingerprint density at radius 2 is 2.11 bits per heavy atom. The van der Waals surface area contributed by atoms with Crippen LogP contribution in [0, 0.1) is 10.1 Å². The zero-order valence-electron chi connectivity index (χ0n) is 10.3. The predicted octanol–water partition coefficient (Wildman–Crippen LogP) is 3.30. The maximum Gasteiger partial charge on any atom is 0.311 e. The van der Waals surface area contributed by atoms with Crippen LogP contribution < -0.4 is 5.73 Å². The van der Waals surface area contributed by atoms with Crippen LogP contribution in [0.5, 0.6) is 5.75 Å². The molecule has 0 spiro atoms. The average Bonchev–Trinajstić information content (AvgIpc) is 2.29. The topological polar surface area (TPSA) is 89.4 Å². The largest absolute Gasteiger partial charge is 0.502 e. The molecule has 0 aliphatic heterocycles. The van der Waals surface area contributed by atoms with E-state index in [1.807, 2.05) is 0 Å². The van der Waals surface area contributed by atoms with Crippen LogP contribution in [0.4, 0.5) is 5.69 Å². The van der Waals surface area contributed by atoms with E-state index < -0.39 is 4.92 Å². The first-order chi connectivity index (χ1) is 8.06. The van der Waals surface area contributed by atoms with Crippen molar-refractivity contribution in [2.75, 3.05) is 0 Å². The molecular weight excluding hydrogens is 256 g/mol. The molecular formula is C12H19ClN2O3. The van der Waals surface area contributed by atoms with Crippen LogP contribution in [0.25, 0.3) is 0 Å². The first kappa shape index (κ1) is 16.7. The van der Waals surface area contributed by atoms with Gasteiger partial charge < -0.3 is 10.8 Å². The quantitative estimate of drug-likeness (QED) is 0.473. The van der Waals surface area contributed by atoms with Crippen LogP contribution in [0.15, 0.2) is 18.2 Å². The molecule has 0 aromatic heterocycles. The summed E-state index contributed by atoms with van der Waals surface area (Å²) in [6, 6.07) is 4.11. The molecule has 0 amide bonds. The van der Waals surface area contributed by atoms with E-state index in [2.05, 4.69) is 6.92 Å². The second-order valence-corrected chi connectivity index (χ2v) is 4.11. The van der Waals surface area contributed by atoms with E-state index in [0.717, 1.165) is 25.7 Å². The van der Waals surface area contributed by atoms with Crippen molar-refractivity contribution in [3.05, 3.63) is 33.9 Å². The lowest BCUT2D eigenvalue weighted by Crippen LogP contribution is -2.10. The predicted molar refractivity (Wildman–Crippen MR) is 73.1 cm³/mol. The minimum Gasteiger partial charge on any atom is -0.502 e. The van der Waals surface area contributed by atoms with Gasteiger partial charge in [0.05, 0.1) is 4.92 Å². The molecule has 0 unspecified atom stereocenters. The Labute approximate surface area is 113 Å². The Balaban J connectivity index is 0.00000289. The maximum atomic E-state index is 10.7.